The Morgan fingerprint density at radius 3 is 2.55 bits per heavy atom. The van der Waals surface area contributed by atoms with E-state index in [0.717, 1.165) is 15.7 Å². The lowest BCUT2D eigenvalue weighted by atomic mass is 10.2. The van der Waals surface area contributed by atoms with E-state index in [4.69, 9.17) is 17.3 Å². The number of nitrogens with two attached hydrogens (primary N) is 1. The molecule has 31 heavy (non-hydrogen) atoms. The lowest BCUT2D eigenvalue weighted by Gasteiger charge is -2.24. The van der Waals surface area contributed by atoms with Crippen LogP contribution in [0.4, 0.5) is 11.5 Å². The third kappa shape index (κ3) is 5.10. The van der Waals surface area contributed by atoms with Gasteiger partial charge in [0.1, 0.15) is 11.5 Å². The molecule has 0 radical (unpaired) electrons. The van der Waals surface area contributed by atoms with Gasteiger partial charge >= 0.3 is 0 Å². The number of benzene rings is 2. The predicted molar refractivity (Wildman–Crippen MR) is 123 cm³/mol. The first-order chi connectivity index (χ1) is 15.0. The highest BCUT2D eigenvalue weighted by Gasteiger charge is 2.19. The third-order valence-corrected chi connectivity index (χ3v) is 5.39. The van der Waals surface area contributed by atoms with Crippen molar-refractivity contribution in [2.45, 2.75) is 13.1 Å². The number of rotatable bonds is 7. The Bertz CT molecular complexity index is 1190. The summed E-state index contributed by atoms with van der Waals surface area (Å²) in [5.41, 5.74) is 8.53. The van der Waals surface area contributed by atoms with Gasteiger partial charge in [0.2, 0.25) is 0 Å². The summed E-state index contributed by atoms with van der Waals surface area (Å²) < 4.78 is 2.79. The second-order valence-corrected chi connectivity index (χ2v) is 8.19. The molecule has 0 aliphatic rings. The Kier molecular flexibility index (Phi) is 6.29. The van der Waals surface area contributed by atoms with Gasteiger partial charge < -0.3 is 10.6 Å². The summed E-state index contributed by atoms with van der Waals surface area (Å²) in [7, 11) is 0. The molecule has 4 rings (SSSR count). The summed E-state index contributed by atoms with van der Waals surface area (Å²) in [6, 6.07) is 18.6. The number of pyridine rings is 1. The average Bonchev–Trinajstić information content (AvgIpc) is 3.21. The number of hydrogen-bond acceptors (Lipinski definition) is 5. The van der Waals surface area contributed by atoms with E-state index in [9.17, 15) is 4.79 Å². The highest BCUT2D eigenvalue weighted by Crippen LogP contribution is 2.29. The minimum absolute atomic E-state index is 0.319. The number of amides is 1. The molecule has 4 aromatic rings. The average molecular weight is 498 g/mol. The molecule has 2 heterocycles. The highest BCUT2D eigenvalue weighted by molar-refractivity contribution is 9.10. The molecule has 1 amide bonds. The normalized spacial score (nSPS) is 10.8. The molecule has 0 spiro atoms. The molecule has 0 atom stereocenters. The summed E-state index contributed by atoms with van der Waals surface area (Å²) in [5.74, 6) is -0.110. The van der Waals surface area contributed by atoms with Gasteiger partial charge in [0.25, 0.3) is 5.91 Å². The summed E-state index contributed by atoms with van der Waals surface area (Å²) >= 11 is 9.50. The molecule has 0 saturated carbocycles. The zero-order valence-electron chi connectivity index (χ0n) is 16.3. The van der Waals surface area contributed by atoms with Crippen molar-refractivity contribution in [1.29, 1.82) is 0 Å². The molecule has 9 heteroatoms. The Hall–Kier alpha value is -3.23. The van der Waals surface area contributed by atoms with Gasteiger partial charge in [-0.05, 0) is 54.1 Å². The van der Waals surface area contributed by atoms with E-state index in [1.54, 1.807) is 35.1 Å². The number of primary amides is 1. The van der Waals surface area contributed by atoms with Gasteiger partial charge in [-0.2, -0.15) is 0 Å². The van der Waals surface area contributed by atoms with E-state index in [2.05, 4.69) is 31.2 Å². The molecule has 0 aliphatic heterocycles. The van der Waals surface area contributed by atoms with E-state index < -0.39 is 5.91 Å². The van der Waals surface area contributed by atoms with Crippen LogP contribution >= 0.6 is 27.5 Å². The maximum Gasteiger partial charge on any atom is 0.252 e. The number of carbonyl (C=O) groups excluding carboxylic acids is 1. The monoisotopic (exact) mass is 496 g/mol. The van der Waals surface area contributed by atoms with E-state index in [-0.39, 0.29) is 0 Å². The minimum atomic E-state index is -0.555. The van der Waals surface area contributed by atoms with E-state index in [1.165, 1.54) is 0 Å². The standard InChI is InChI=1S/C22H18BrClN6O/c23-16-5-3-15(4-6-16)12-29-13-18(27-28-29)14-30(19-9-7-17(24)8-10-19)22-20(21(25)31)2-1-11-26-22/h1-11,13H,12,14H2,(H2,25,31). The fourth-order valence-corrected chi connectivity index (χ4v) is 3.53. The highest BCUT2D eigenvalue weighted by atomic mass is 79.9. The van der Waals surface area contributed by atoms with Crippen LogP contribution in [0, 0.1) is 0 Å². The first kappa shape index (κ1) is 21.0. The smallest absolute Gasteiger partial charge is 0.252 e. The summed E-state index contributed by atoms with van der Waals surface area (Å²) in [6.07, 6.45) is 3.49. The summed E-state index contributed by atoms with van der Waals surface area (Å²) in [6.45, 7) is 0.941. The SMILES string of the molecule is NC(=O)c1cccnc1N(Cc1cn(Cc2ccc(Br)cc2)nn1)c1ccc(Cl)cc1. The Morgan fingerprint density at radius 2 is 1.84 bits per heavy atom. The van der Waals surface area contributed by atoms with Gasteiger partial charge in [-0.3, -0.25) is 4.79 Å². The number of nitrogens with zero attached hydrogens (tertiary/aromatic N) is 5. The summed E-state index contributed by atoms with van der Waals surface area (Å²) in [4.78, 5) is 18.3. The zero-order valence-corrected chi connectivity index (χ0v) is 18.7. The molecule has 0 saturated heterocycles. The van der Waals surface area contributed by atoms with Gasteiger partial charge in [0.05, 0.1) is 24.8 Å². The van der Waals surface area contributed by atoms with E-state index in [0.29, 0.717) is 35.2 Å². The van der Waals surface area contributed by atoms with Crippen molar-refractivity contribution in [3.63, 3.8) is 0 Å². The number of halogens is 2. The van der Waals surface area contributed by atoms with Crippen LogP contribution in [0.3, 0.4) is 0 Å². The largest absolute Gasteiger partial charge is 0.365 e. The van der Waals surface area contributed by atoms with Crippen LogP contribution in [0.1, 0.15) is 21.6 Å². The number of hydrogen-bond donors (Lipinski definition) is 1. The lowest BCUT2D eigenvalue weighted by molar-refractivity contribution is 0.100. The Labute approximate surface area is 192 Å². The Morgan fingerprint density at radius 1 is 1.10 bits per heavy atom. The number of aromatic nitrogens is 4. The molecule has 156 valence electrons. The van der Waals surface area contributed by atoms with Crippen molar-refractivity contribution < 1.29 is 4.79 Å². The van der Waals surface area contributed by atoms with E-state index in [1.807, 2.05) is 47.5 Å². The van der Waals surface area contributed by atoms with Crippen molar-refractivity contribution in [3.8, 4) is 0 Å². The fourth-order valence-electron chi connectivity index (χ4n) is 3.14. The van der Waals surface area contributed by atoms with Gasteiger partial charge in [-0.15, -0.1) is 5.10 Å². The van der Waals surface area contributed by atoms with Crippen LogP contribution in [0.5, 0.6) is 0 Å². The zero-order chi connectivity index (χ0) is 21.8. The van der Waals surface area contributed by atoms with Crippen LogP contribution in [0.25, 0.3) is 0 Å². The van der Waals surface area contributed by atoms with Gasteiger partial charge in [0, 0.05) is 21.4 Å². The van der Waals surface area contributed by atoms with Crippen molar-refractivity contribution in [1.82, 2.24) is 20.0 Å². The molecule has 0 fully saturated rings. The maximum atomic E-state index is 12.0. The lowest BCUT2D eigenvalue weighted by Crippen LogP contribution is -2.23. The van der Waals surface area contributed by atoms with Crippen molar-refractivity contribution in [2.24, 2.45) is 5.73 Å². The van der Waals surface area contributed by atoms with Gasteiger partial charge in [-0.1, -0.05) is 44.9 Å². The van der Waals surface area contributed by atoms with Crippen LogP contribution in [-0.2, 0) is 13.1 Å². The second kappa shape index (κ2) is 9.28. The van der Waals surface area contributed by atoms with Crippen LogP contribution in [-0.4, -0.2) is 25.9 Å². The molecule has 2 N–H and O–H groups in total. The van der Waals surface area contributed by atoms with Crippen LogP contribution in [0.2, 0.25) is 5.02 Å². The first-order valence-electron chi connectivity index (χ1n) is 9.41. The molecule has 2 aromatic heterocycles. The quantitative estimate of drug-likeness (QED) is 0.404. The molecule has 0 bridgehead atoms. The number of carbonyl (C=O) groups is 1. The summed E-state index contributed by atoms with van der Waals surface area (Å²) in [5, 5.41) is 9.16. The van der Waals surface area contributed by atoms with Crippen LogP contribution in [0.15, 0.2) is 77.5 Å². The van der Waals surface area contributed by atoms with Gasteiger partial charge in [0.15, 0.2) is 0 Å². The van der Waals surface area contributed by atoms with Crippen molar-refractivity contribution in [2.75, 3.05) is 4.90 Å². The maximum absolute atomic E-state index is 12.0. The van der Waals surface area contributed by atoms with Crippen molar-refractivity contribution in [3.05, 3.63) is 99.4 Å². The van der Waals surface area contributed by atoms with Crippen molar-refractivity contribution >= 4 is 44.9 Å². The molecule has 7 nitrogen and oxygen atoms in total. The molecule has 0 unspecified atom stereocenters. The molecule has 2 aromatic carbocycles. The fraction of sp³-hybridized carbons (Fsp3) is 0.0909. The first-order valence-corrected chi connectivity index (χ1v) is 10.6. The number of anilines is 2. The van der Waals surface area contributed by atoms with Gasteiger partial charge in [-0.25, -0.2) is 9.67 Å². The second-order valence-electron chi connectivity index (χ2n) is 6.84. The molecular formula is C22H18BrClN6O. The Balaban J connectivity index is 1.64. The topological polar surface area (TPSA) is 89.9 Å². The third-order valence-electron chi connectivity index (χ3n) is 4.61. The molecular weight excluding hydrogens is 480 g/mol. The minimum Gasteiger partial charge on any atom is -0.365 e. The predicted octanol–water partition coefficient (Wildman–Crippen LogP) is 4.57. The molecule has 0 aliphatic carbocycles. The van der Waals surface area contributed by atoms with Crippen LogP contribution < -0.4 is 10.6 Å². The van der Waals surface area contributed by atoms with E-state index >= 15 is 0 Å².